The lowest BCUT2D eigenvalue weighted by Gasteiger charge is -2.20. The molecule has 0 atom stereocenters. The molecule has 3 N–H and O–H groups in total. The van der Waals surface area contributed by atoms with Crippen LogP contribution in [0, 0.1) is 0 Å². The van der Waals surface area contributed by atoms with Crippen molar-refractivity contribution in [2.24, 2.45) is 0 Å². The van der Waals surface area contributed by atoms with Gasteiger partial charge in [-0.1, -0.05) is 0 Å². The van der Waals surface area contributed by atoms with Crippen molar-refractivity contribution in [2.45, 2.75) is 50.5 Å². The van der Waals surface area contributed by atoms with Gasteiger partial charge >= 0.3 is 6.03 Å². The molecule has 36 heavy (non-hydrogen) atoms. The van der Waals surface area contributed by atoms with Gasteiger partial charge in [0.1, 0.15) is 4.90 Å². The predicted molar refractivity (Wildman–Crippen MR) is 134 cm³/mol. The molecule has 13 heteroatoms. The Labute approximate surface area is 209 Å². The van der Waals surface area contributed by atoms with E-state index in [1.54, 1.807) is 45.3 Å². The molecule has 1 fully saturated rings. The van der Waals surface area contributed by atoms with Crippen molar-refractivity contribution in [3.05, 3.63) is 36.8 Å². The van der Waals surface area contributed by atoms with Gasteiger partial charge in [0.15, 0.2) is 5.65 Å². The van der Waals surface area contributed by atoms with Crippen molar-refractivity contribution >= 4 is 33.6 Å². The van der Waals surface area contributed by atoms with Gasteiger partial charge < -0.3 is 10.2 Å². The topological polar surface area (TPSA) is 151 Å². The third kappa shape index (κ3) is 6.34. The van der Waals surface area contributed by atoms with Gasteiger partial charge in [-0.2, -0.15) is 4.98 Å². The fourth-order valence-electron chi connectivity index (χ4n) is 3.85. The van der Waals surface area contributed by atoms with Crippen LogP contribution < -0.4 is 15.4 Å². The number of likely N-dealkylation sites (tertiary alicyclic amines) is 1. The summed E-state index contributed by atoms with van der Waals surface area (Å²) in [6.45, 7) is 7.07. The average molecular weight is 515 g/mol. The summed E-state index contributed by atoms with van der Waals surface area (Å²) < 4.78 is 29.5. The highest BCUT2D eigenvalue weighted by molar-refractivity contribution is 7.89. The molecule has 3 aromatic rings. The zero-order valence-corrected chi connectivity index (χ0v) is 21.3. The van der Waals surface area contributed by atoms with Gasteiger partial charge in [-0.25, -0.2) is 22.4 Å². The first kappa shape index (κ1) is 25.5. The number of carbonyl (C=O) groups is 2. The molecular weight excluding hydrogens is 484 g/mol. The maximum Gasteiger partial charge on any atom is 0.321 e. The number of amides is 3. The second kappa shape index (κ2) is 10.2. The smallest absolute Gasteiger partial charge is 0.321 e. The van der Waals surface area contributed by atoms with Crippen LogP contribution in [0.1, 0.15) is 40.0 Å². The normalized spacial score (nSPS) is 14.2. The molecule has 0 radical (unpaired) electrons. The van der Waals surface area contributed by atoms with Crippen molar-refractivity contribution in [3.63, 3.8) is 0 Å². The Morgan fingerprint density at radius 3 is 2.56 bits per heavy atom. The molecule has 192 valence electrons. The number of urea groups is 1. The summed E-state index contributed by atoms with van der Waals surface area (Å²) in [5.41, 5.74) is 1.11. The molecule has 0 aliphatic carbocycles. The van der Waals surface area contributed by atoms with Gasteiger partial charge in [-0.15, -0.1) is 5.10 Å². The quantitative estimate of drug-likeness (QED) is 0.436. The maximum atomic E-state index is 12.7. The minimum absolute atomic E-state index is 0.0340. The predicted octanol–water partition coefficient (Wildman–Crippen LogP) is 2.00. The lowest BCUT2D eigenvalue weighted by atomic mass is 10.1. The molecule has 4 rings (SSSR count). The van der Waals surface area contributed by atoms with Gasteiger partial charge in [0.05, 0.1) is 0 Å². The minimum atomic E-state index is -3.74. The summed E-state index contributed by atoms with van der Waals surface area (Å²) in [5, 5.41) is 9.48. The van der Waals surface area contributed by atoms with E-state index >= 15 is 0 Å². The summed E-state index contributed by atoms with van der Waals surface area (Å²) in [7, 11) is -3.74. The molecule has 0 unspecified atom stereocenters. The first-order valence-electron chi connectivity index (χ1n) is 11.7. The van der Waals surface area contributed by atoms with E-state index < -0.39 is 21.6 Å². The Hall–Kier alpha value is -3.58. The third-order valence-corrected chi connectivity index (χ3v) is 7.16. The molecule has 12 nitrogen and oxygen atoms in total. The summed E-state index contributed by atoms with van der Waals surface area (Å²) in [6, 6.07) is 4.50. The zero-order chi connectivity index (χ0) is 25.9. The summed E-state index contributed by atoms with van der Waals surface area (Å²) >= 11 is 0. The minimum Gasteiger partial charge on any atom is -0.343 e. The molecule has 3 amide bonds. The van der Waals surface area contributed by atoms with Crippen molar-refractivity contribution < 1.29 is 18.0 Å². The van der Waals surface area contributed by atoms with Gasteiger partial charge in [-0.05, 0) is 51.8 Å². The molecule has 1 aliphatic heterocycles. The Bertz CT molecular complexity index is 1370. The van der Waals surface area contributed by atoms with Crippen molar-refractivity contribution in [3.8, 4) is 11.1 Å². The first-order chi connectivity index (χ1) is 17.0. The van der Waals surface area contributed by atoms with E-state index in [-0.39, 0.29) is 29.7 Å². The van der Waals surface area contributed by atoms with Crippen LogP contribution in [0.4, 0.5) is 10.7 Å². The van der Waals surface area contributed by atoms with Crippen LogP contribution in [-0.2, 0) is 14.8 Å². The van der Waals surface area contributed by atoms with Crippen LogP contribution >= 0.6 is 0 Å². The van der Waals surface area contributed by atoms with Crippen LogP contribution in [0.15, 0.2) is 41.7 Å². The maximum absolute atomic E-state index is 12.7. The number of aromatic nitrogens is 4. The number of hydrogen-bond donors (Lipinski definition) is 3. The summed E-state index contributed by atoms with van der Waals surface area (Å²) in [6.07, 6.45) is 6.82. The monoisotopic (exact) mass is 514 g/mol. The largest absolute Gasteiger partial charge is 0.343 e. The number of anilines is 1. The molecule has 4 heterocycles. The van der Waals surface area contributed by atoms with E-state index in [0.717, 1.165) is 25.9 Å². The Morgan fingerprint density at radius 2 is 1.83 bits per heavy atom. The van der Waals surface area contributed by atoms with Crippen LogP contribution in [0.5, 0.6) is 0 Å². The molecule has 0 saturated carbocycles. The molecule has 0 bridgehead atoms. The number of sulfonamides is 1. The fourth-order valence-corrected chi connectivity index (χ4v) is 5.25. The Balaban J connectivity index is 1.41. The van der Waals surface area contributed by atoms with E-state index in [1.807, 2.05) is 4.90 Å². The van der Waals surface area contributed by atoms with Crippen LogP contribution in [0.25, 0.3) is 16.8 Å². The number of carbonyl (C=O) groups excluding carboxylic acids is 2. The molecule has 1 aliphatic rings. The molecule has 3 aromatic heterocycles. The third-order valence-electron chi connectivity index (χ3n) is 5.44. The highest BCUT2D eigenvalue weighted by Gasteiger charge is 2.23. The van der Waals surface area contributed by atoms with E-state index in [9.17, 15) is 18.0 Å². The Kier molecular flexibility index (Phi) is 7.22. The highest BCUT2D eigenvalue weighted by atomic mass is 32.2. The van der Waals surface area contributed by atoms with Crippen molar-refractivity contribution in [2.75, 3.05) is 25.0 Å². The first-order valence-corrected chi connectivity index (χ1v) is 13.2. The zero-order valence-electron chi connectivity index (χ0n) is 20.5. The SMILES string of the molecule is CC(C)(C)NS(=O)(=O)c1cncc(-c2ccc3nc(NC(=O)NCCC(=O)N4CCCC4)nn3c2)c1. The van der Waals surface area contributed by atoms with Crippen LogP contribution in [0.2, 0.25) is 0 Å². The van der Waals surface area contributed by atoms with Gasteiger partial charge in [0.2, 0.25) is 15.9 Å². The second-order valence-electron chi connectivity index (χ2n) is 9.64. The number of pyridine rings is 2. The van der Waals surface area contributed by atoms with Crippen molar-refractivity contribution in [1.29, 1.82) is 0 Å². The average Bonchev–Trinajstić information content (AvgIpc) is 3.47. The lowest BCUT2D eigenvalue weighted by Crippen LogP contribution is -2.40. The summed E-state index contributed by atoms with van der Waals surface area (Å²) in [4.78, 5) is 34.5. The molecular formula is C23H30N8O4S. The number of fused-ring (bicyclic) bond motifs is 1. The number of nitrogens with one attached hydrogen (secondary N) is 3. The molecule has 1 saturated heterocycles. The second-order valence-corrected chi connectivity index (χ2v) is 11.3. The lowest BCUT2D eigenvalue weighted by molar-refractivity contribution is -0.129. The number of hydrogen-bond acceptors (Lipinski definition) is 7. The highest BCUT2D eigenvalue weighted by Crippen LogP contribution is 2.23. The molecule has 0 spiro atoms. The number of rotatable bonds is 7. The van der Waals surface area contributed by atoms with E-state index in [0.29, 0.717) is 16.8 Å². The van der Waals surface area contributed by atoms with Crippen LogP contribution in [0.3, 0.4) is 0 Å². The standard InChI is InChI=1S/C23H30N8O4S/c1-23(2,3)29-36(34,35)18-12-17(13-24-14-18)16-6-7-19-26-21(28-31(19)15-16)27-22(33)25-9-8-20(32)30-10-4-5-11-30/h6-7,12-15,29H,4-5,8-11H2,1-3H3,(H2,25,27,28,33). The molecule has 0 aromatic carbocycles. The van der Waals surface area contributed by atoms with Gasteiger partial charge in [-0.3, -0.25) is 15.1 Å². The number of nitrogens with zero attached hydrogens (tertiary/aromatic N) is 5. The van der Waals surface area contributed by atoms with Crippen molar-refractivity contribution in [1.82, 2.24) is 34.5 Å². The van der Waals surface area contributed by atoms with E-state index in [2.05, 4.69) is 30.4 Å². The van der Waals surface area contributed by atoms with Crippen LogP contribution in [-0.4, -0.2) is 70.0 Å². The van der Waals surface area contributed by atoms with Gasteiger partial charge in [0, 0.05) is 61.3 Å². The van der Waals surface area contributed by atoms with E-state index in [1.165, 1.54) is 16.8 Å². The summed E-state index contributed by atoms with van der Waals surface area (Å²) in [5.74, 6) is 0.131. The van der Waals surface area contributed by atoms with E-state index in [4.69, 9.17) is 0 Å². The van der Waals surface area contributed by atoms with Gasteiger partial charge in [0.25, 0.3) is 5.95 Å². The fraction of sp³-hybridized carbons (Fsp3) is 0.435. The Morgan fingerprint density at radius 1 is 1.08 bits per heavy atom.